The summed E-state index contributed by atoms with van der Waals surface area (Å²) in [6.07, 6.45) is -2.91. The maximum Gasteiger partial charge on any atom is 0.411 e. The molecule has 0 radical (unpaired) electrons. The van der Waals surface area contributed by atoms with Crippen molar-refractivity contribution in [3.8, 4) is 0 Å². The lowest BCUT2D eigenvalue weighted by Crippen LogP contribution is -2.17. The van der Waals surface area contributed by atoms with Crippen molar-refractivity contribution in [2.24, 2.45) is 5.92 Å². The molecule has 1 unspecified atom stereocenters. The molecule has 114 valence electrons. The molecule has 0 bridgehead atoms. The molecular formula is C15H20ClF3O. The van der Waals surface area contributed by atoms with Crippen LogP contribution < -0.4 is 0 Å². The van der Waals surface area contributed by atoms with E-state index in [4.69, 9.17) is 11.6 Å². The second-order valence-corrected chi connectivity index (χ2v) is 5.79. The first-order valence-electron chi connectivity index (χ1n) is 6.65. The third-order valence-corrected chi connectivity index (χ3v) is 3.24. The molecule has 1 rings (SSSR count). The molecule has 1 atom stereocenters. The summed E-state index contributed by atoms with van der Waals surface area (Å²) < 4.78 is 40.2. The highest BCUT2D eigenvalue weighted by Crippen LogP contribution is 2.25. The third kappa shape index (κ3) is 7.15. The second-order valence-electron chi connectivity index (χ2n) is 5.26. The van der Waals surface area contributed by atoms with Crippen LogP contribution >= 0.6 is 11.6 Å². The van der Waals surface area contributed by atoms with Crippen molar-refractivity contribution in [2.75, 3.05) is 13.2 Å². The SMILES string of the molecule is CC(C)Cc1ccc(C(Cl)CCOCC(F)(F)F)cc1. The summed E-state index contributed by atoms with van der Waals surface area (Å²) in [5, 5.41) is -0.323. The van der Waals surface area contributed by atoms with Crippen LogP contribution in [0.5, 0.6) is 0 Å². The van der Waals surface area contributed by atoms with Crippen molar-refractivity contribution >= 4 is 11.6 Å². The van der Waals surface area contributed by atoms with Gasteiger partial charge in [-0.05, 0) is 29.9 Å². The molecule has 0 N–H and O–H groups in total. The van der Waals surface area contributed by atoms with Gasteiger partial charge in [-0.1, -0.05) is 38.1 Å². The Morgan fingerprint density at radius 2 is 1.75 bits per heavy atom. The minimum atomic E-state index is -4.28. The molecule has 0 saturated heterocycles. The van der Waals surface area contributed by atoms with Crippen LogP contribution in [0.15, 0.2) is 24.3 Å². The smallest absolute Gasteiger partial charge is 0.372 e. The van der Waals surface area contributed by atoms with Gasteiger partial charge in [0.15, 0.2) is 0 Å². The summed E-state index contributed by atoms with van der Waals surface area (Å²) in [6.45, 7) is 3.08. The van der Waals surface area contributed by atoms with Gasteiger partial charge in [-0.2, -0.15) is 13.2 Å². The molecule has 0 fully saturated rings. The Morgan fingerprint density at radius 3 is 2.25 bits per heavy atom. The summed E-state index contributed by atoms with van der Waals surface area (Å²) in [5.74, 6) is 0.586. The summed E-state index contributed by atoms with van der Waals surface area (Å²) in [6, 6.07) is 7.89. The highest BCUT2D eigenvalue weighted by molar-refractivity contribution is 6.20. The molecule has 1 aromatic carbocycles. The molecule has 5 heteroatoms. The van der Waals surface area contributed by atoms with Crippen molar-refractivity contribution in [2.45, 2.75) is 38.2 Å². The predicted octanol–water partition coefficient (Wildman–Crippen LogP) is 5.13. The van der Waals surface area contributed by atoms with Gasteiger partial charge in [-0.25, -0.2) is 0 Å². The Labute approximate surface area is 123 Å². The van der Waals surface area contributed by atoms with Crippen LogP contribution in [0.4, 0.5) is 13.2 Å². The monoisotopic (exact) mass is 308 g/mol. The third-order valence-electron chi connectivity index (χ3n) is 2.77. The quantitative estimate of drug-likeness (QED) is 0.501. The van der Waals surface area contributed by atoms with Crippen LogP contribution in [0.3, 0.4) is 0 Å². The van der Waals surface area contributed by atoms with E-state index in [9.17, 15) is 13.2 Å². The first-order chi connectivity index (χ1) is 9.28. The Hall–Kier alpha value is -0.740. The average molecular weight is 309 g/mol. The van der Waals surface area contributed by atoms with Crippen LogP contribution in [0.2, 0.25) is 0 Å². The molecular weight excluding hydrogens is 289 g/mol. The van der Waals surface area contributed by atoms with Crippen LogP contribution in [-0.2, 0) is 11.2 Å². The average Bonchev–Trinajstić information content (AvgIpc) is 2.33. The van der Waals surface area contributed by atoms with E-state index < -0.39 is 12.8 Å². The van der Waals surface area contributed by atoms with E-state index in [2.05, 4.69) is 18.6 Å². The van der Waals surface area contributed by atoms with Gasteiger partial charge in [0.05, 0.1) is 5.38 Å². The van der Waals surface area contributed by atoms with E-state index in [0.29, 0.717) is 12.3 Å². The van der Waals surface area contributed by atoms with Crippen LogP contribution in [0.1, 0.15) is 36.8 Å². The molecule has 0 aromatic heterocycles. The molecule has 0 aliphatic heterocycles. The Kier molecular flexibility index (Phi) is 6.83. The molecule has 0 heterocycles. The molecule has 0 spiro atoms. The minimum absolute atomic E-state index is 0.00141. The van der Waals surface area contributed by atoms with Crippen molar-refractivity contribution < 1.29 is 17.9 Å². The van der Waals surface area contributed by atoms with Crippen molar-refractivity contribution in [1.29, 1.82) is 0 Å². The number of hydrogen-bond donors (Lipinski definition) is 0. The van der Waals surface area contributed by atoms with E-state index in [0.717, 1.165) is 12.0 Å². The van der Waals surface area contributed by atoms with Crippen LogP contribution in [0, 0.1) is 5.92 Å². The van der Waals surface area contributed by atoms with E-state index in [1.165, 1.54) is 5.56 Å². The van der Waals surface area contributed by atoms with Crippen molar-refractivity contribution in [3.05, 3.63) is 35.4 Å². The molecule has 20 heavy (non-hydrogen) atoms. The molecule has 1 nitrogen and oxygen atoms in total. The van der Waals surface area contributed by atoms with Crippen molar-refractivity contribution in [1.82, 2.24) is 0 Å². The van der Waals surface area contributed by atoms with Gasteiger partial charge in [0, 0.05) is 6.61 Å². The lowest BCUT2D eigenvalue weighted by Gasteiger charge is -2.12. The first-order valence-corrected chi connectivity index (χ1v) is 7.09. The number of benzene rings is 1. The predicted molar refractivity (Wildman–Crippen MR) is 75.1 cm³/mol. The fourth-order valence-corrected chi connectivity index (χ4v) is 2.11. The molecule has 1 aromatic rings. The fourth-order valence-electron chi connectivity index (χ4n) is 1.88. The van der Waals surface area contributed by atoms with E-state index in [1.807, 2.05) is 24.3 Å². The van der Waals surface area contributed by atoms with Gasteiger partial charge < -0.3 is 4.74 Å². The van der Waals surface area contributed by atoms with Gasteiger partial charge in [-0.15, -0.1) is 11.6 Å². The number of hydrogen-bond acceptors (Lipinski definition) is 1. The summed E-state index contributed by atoms with van der Waals surface area (Å²) in [5.41, 5.74) is 2.15. The number of ether oxygens (including phenoxy) is 1. The van der Waals surface area contributed by atoms with Crippen molar-refractivity contribution in [3.63, 3.8) is 0 Å². The zero-order valence-corrected chi connectivity index (χ0v) is 12.5. The Bertz CT molecular complexity index is 387. The van der Waals surface area contributed by atoms with Crippen LogP contribution in [0.25, 0.3) is 0 Å². The van der Waals surface area contributed by atoms with Gasteiger partial charge in [-0.3, -0.25) is 0 Å². The molecule has 0 aliphatic rings. The normalized spacial score (nSPS) is 13.8. The highest BCUT2D eigenvalue weighted by Gasteiger charge is 2.27. The maximum atomic E-state index is 11.9. The van der Waals surface area contributed by atoms with E-state index in [1.54, 1.807) is 0 Å². The summed E-state index contributed by atoms with van der Waals surface area (Å²) in [4.78, 5) is 0. The zero-order valence-electron chi connectivity index (χ0n) is 11.7. The molecule has 0 amide bonds. The second kappa shape index (κ2) is 7.89. The largest absolute Gasteiger partial charge is 0.411 e. The zero-order chi connectivity index (χ0) is 15.2. The maximum absolute atomic E-state index is 11.9. The van der Waals surface area contributed by atoms with E-state index in [-0.39, 0.29) is 12.0 Å². The minimum Gasteiger partial charge on any atom is -0.372 e. The number of halogens is 4. The van der Waals surface area contributed by atoms with Gasteiger partial charge in [0.25, 0.3) is 0 Å². The Morgan fingerprint density at radius 1 is 1.15 bits per heavy atom. The lowest BCUT2D eigenvalue weighted by molar-refractivity contribution is -0.174. The number of rotatable bonds is 7. The lowest BCUT2D eigenvalue weighted by atomic mass is 10.0. The van der Waals surface area contributed by atoms with Gasteiger partial charge in [0.1, 0.15) is 6.61 Å². The number of alkyl halides is 4. The summed E-state index contributed by atoms with van der Waals surface area (Å²) >= 11 is 6.15. The van der Waals surface area contributed by atoms with Gasteiger partial charge >= 0.3 is 6.18 Å². The topological polar surface area (TPSA) is 9.23 Å². The fraction of sp³-hybridized carbons (Fsp3) is 0.600. The van der Waals surface area contributed by atoms with Gasteiger partial charge in [0.2, 0.25) is 0 Å². The Balaban J connectivity index is 2.38. The van der Waals surface area contributed by atoms with Crippen LogP contribution in [-0.4, -0.2) is 19.4 Å². The standard InChI is InChI=1S/C15H20ClF3O/c1-11(2)9-12-3-5-13(6-4-12)14(16)7-8-20-10-15(17,18)19/h3-6,11,14H,7-10H2,1-2H3. The highest BCUT2D eigenvalue weighted by atomic mass is 35.5. The first kappa shape index (κ1) is 17.3. The molecule has 0 aliphatic carbocycles. The van der Waals surface area contributed by atoms with E-state index >= 15 is 0 Å². The summed E-state index contributed by atoms with van der Waals surface area (Å²) in [7, 11) is 0. The molecule has 0 saturated carbocycles.